The van der Waals surface area contributed by atoms with Gasteiger partial charge in [-0.1, -0.05) is 27.5 Å². The molecule has 0 atom stereocenters. The summed E-state index contributed by atoms with van der Waals surface area (Å²) in [6, 6.07) is 2.72. The summed E-state index contributed by atoms with van der Waals surface area (Å²) >= 11 is 7.87. The number of hydrogen-bond acceptors (Lipinski definition) is 0. The lowest BCUT2D eigenvalue weighted by atomic mass is 9.94. The first kappa shape index (κ1) is 15.6. The highest BCUT2D eigenvalue weighted by Crippen LogP contribution is 2.53. The third-order valence-corrected chi connectivity index (χ3v) is 2.61. The first-order valence-corrected chi connectivity index (χ1v) is 5.28. The summed E-state index contributed by atoms with van der Waals surface area (Å²) < 4.78 is 87.6. The minimum atomic E-state index is -6.16. The third kappa shape index (κ3) is 2.59. The molecule has 1 rings (SSSR count). The average molecular weight is 358 g/mol. The molecule has 0 fully saturated rings. The van der Waals surface area contributed by atoms with E-state index in [4.69, 9.17) is 11.6 Å². The van der Waals surface area contributed by atoms with Crippen LogP contribution in [0, 0.1) is 6.07 Å². The number of benzene rings is 1. The predicted molar refractivity (Wildman–Crippen MR) is 52.9 cm³/mol. The molecule has 0 saturated carbocycles. The summed E-state index contributed by atoms with van der Waals surface area (Å²) in [5.41, 5.74) is -7.14. The molecule has 0 spiro atoms. The molecule has 0 aromatic heterocycles. The zero-order valence-corrected chi connectivity index (χ0v) is 10.4. The van der Waals surface area contributed by atoms with Crippen molar-refractivity contribution in [2.24, 2.45) is 0 Å². The SMILES string of the molecule is FC(F)(F)C(F)(c1cc(Cl)[c]c(Br)c1)C(F)(F)F. The van der Waals surface area contributed by atoms with Crippen molar-refractivity contribution in [3.8, 4) is 0 Å². The second-order valence-corrected chi connectivity index (χ2v) is 4.48. The molecule has 9 heteroatoms. The molecule has 18 heavy (non-hydrogen) atoms. The molecule has 0 unspecified atom stereocenters. The van der Waals surface area contributed by atoms with Gasteiger partial charge in [-0.2, -0.15) is 26.3 Å². The van der Waals surface area contributed by atoms with Crippen LogP contribution in [0.15, 0.2) is 16.6 Å². The maximum absolute atomic E-state index is 13.6. The zero-order valence-electron chi connectivity index (χ0n) is 8.06. The van der Waals surface area contributed by atoms with E-state index in [0.29, 0.717) is 6.07 Å². The first-order valence-electron chi connectivity index (χ1n) is 4.11. The van der Waals surface area contributed by atoms with E-state index in [9.17, 15) is 30.7 Å². The summed E-state index contributed by atoms with van der Waals surface area (Å²) in [7, 11) is 0. The van der Waals surface area contributed by atoms with Crippen LogP contribution in [0.1, 0.15) is 5.56 Å². The van der Waals surface area contributed by atoms with Crippen LogP contribution in [0.3, 0.4) is 0 Å². The largest absolute Gasteiger partial charge is 0.435 e. The minimum absolute atomic E-state index is 0.229. The van der Waals surface area contributed by atoms with Gasteiger partial charge in [0.15, 0.2) is 0 Å². The van der Waals surface area contributed by atoms with Crippen LogP contribution < -0.4 is 0 Å². The van der Waals surface area contributed by atoms with Crippen molar-refractivity contribution in [3.63, 3.8) is 0 Å². The van der Waals surface area contributed by atoms with Gasteiger partial charge >= 0.3 is 18.0 Å². The average Bonchev–Trinajstić information content (AvgIpc) is 2.11. The Kier molecular flexibility index (Phi) is 3.94. The van der Waals surface area contributed by atoms with Gasteiger partial charge in [-0.3, -0.25) is 0 Å². The van der Waals surface area contributed by atoms with Crippen molar-refractivity contribution in [1.82, 2.24) is 0 Å². The van der Waals surface area contributed by atoms with Crippen LogP contribution in [-0.2, 0) is 5.67 Å². The second-order valence-electron chi connectivity index (χ2n) is 3.22. The van der Waals surface area contributed by atoms with Crippen molar-refractivity contribution in [2.75, 3.05) is 0 Å². The Labute approximate surface area is 110 Å². The van der Waals surface area contributed by atoms with Crippen molar-refractivity contribution in [2.45, 2.75) is 18.0 Å². The Morgan fingerprint density at radius 1 is 0.944 bits per heavy atom. The molecule has 0 saturated heterocycles. The fourth-order valence-electron chi connectivity index (χ4n) is 1.19. The van der Waals surface area contributed by atoms with E-state index in [2.05, 4.69) is 22.0 Å². The third-order valence-electron chi connectivity index (χ3n) is 1.98. The summed E-state index contributed by atoms with van der Waals surface area (Å²) in [6.07, 6.45) is -12.3. The van der Waals surface area contributed by atoms with Crippen LogP contribution >= 0.6 is 27.5 Å². The van der Waals surface area contributed by atoms with Crippen molar-refractivity contribution >= 4 is 27.5 Å². The molecule has 1 radical (unpaired) electrons. The molecule has 0 N–H and O–H groups in total. The fourth-order valence-corrected chi connectivity index (χ4v) is 1.98. The molecule has 0 nitrogen and oxygen atoms in total. The normalized spacial score (nSPS) is 13.8. The van der Waals surface area contributed by atoms with Crippen LogP contribution in [0.25, 0.3) is 0 Å². The van der Waals surface area contributed by atoms with E-state index >= 15 is 0 Å². The highest BCUT2D eigenvalue weighted by Gasteiger charge is 2.73. The van der Waals surface area contributed by atoms with Gasteiger partial charge in [-0.05, 0) is 12.1 Å². The smallest absolute Gasteiger partial charge is 0.218 e. The van der Waals surface area contributed by atoms with Gasteiger partial charge in [0, 0.05) is 16.1 Å². The molecular formula is C9H2BrClF7. The minimum Gasteiger partial charge on any atom is -0.218 e. The Morgan fingerprint density at radius 2 is 1.39 bits per heavy atom. The van der Waals surface area contributed by atoms with Crippen molar-refractivity contribution in [3.05, 3.63) is 33.3 Å². The van der Waals surface area contributed by atoms with Gasteiger partial charge in [0.05, 0.1) is 5.02 Å². The summed E-state index contributed by atoms with van der Waals surface area (Å²) in [4.78, 5) is 0. The standard InChI is InChI=1S/C9H2BrClF7/c10-5-1-4(2-6(11)3-5)7(12,8(13,14)15)9(16,17)18/h1-2H. The van der Waals surface area contributed by atoms with E-state index in [1.165, 1.54) is 0 Å². The van der Waals surface area contributed by atoms with Crippen LogP contribution in [-0.4, -0.2) is 12.4 Å². The number of hydrogen-bond donors (Lipinski definition) is 0. The maximum Gasteiger partial charge on any atom is 0.435 e. The van der Waals surface area contributed by atoms with E-state index in [1.54, 1.807) is 0 Å². The molecular weight excluding hydrogens is 356 g/mol. The Bertz CT molecular complexity index is 417. The second kappa shape index (κ2) is 4.56. The molecule has 0 aliphatic heterocycles. The predicted octanol–water partition coefficient (Wildman–Crippen LogP) is 5.19. The summed E-state index contributed by atoms with van der Waals surface area (Å²) in [5.74, 6) is 0. The molecule has 1 aromatic carbocycles. The monoisotopic (exact) mass is 357 g/mol. The Hall–Kier alpha value is -0.500. The van der Waals surface area contributed by atoms with E-state index in [1.807, 2.05) is 0 Å². The van der Waals surface area contributed by atoms with Crippen LogP contribution in [0.2, 0.25) is 5.02 Å². The Morgan fingerprint density at radius 3 is 1.72 bits per heavy atom. The fraction of sp³-hybridized carbons (Fsp3) is 0.333. The van der Waals surface area contributed by atoms with Crippen LogP contribution in [0.5, 0.6) is 0 Å². The lowest BCUT2D eigenvalue weighted by Gasteiger charge is -2.30. The maximum atomic E-state index is 13.6. The van der Waals surface area contributed by atoms with Crippen molar-refractivity contribution in [1.29, 1.82) is 0 Å². The quantitative estimate of drug-likeness (QED) is 0.606. The molecule has 0 heterocycles. The van der Waals surface area contributed by atoms with Gasteiger partial charge < -0.3 is 0 Å². The lowest BCUT2D eigenvalue weighted by Crippen LogP contribution is -2.50. The van der Waals surface area contributed by atoms with Gasteiger partial charge in [0.25, 0.3) is 0 Å². The van der Waals surface area contributed by atoms with Crippen LogP contribution in [0.4, 0.5) is 30.7 Å². The summed E-state index contributed by atoms with van der Waals surface area (Å²) in [6.45, 7) is 0. The van der Waals surface area contributed by atoms with E-state index in [-0.39, 0.29) is 10.5 Å². The highest BCUT2D eigenvalue weighted by molar-refractivity contribution is 9.10. The summed E-state index contributed by atoms with van der Waals surface area (Å²) in [5, 5.41) is -0.574. The van der Waals surface area contributed by atoms with Crippen molar-refractivity contribution < 1.29 is 30.7 Å². The Balaban J connectivity index is 3.55. The van der Waals surface area contributed by atoms with Gasteiger partial charge in [-0.25, -0.2) is 4.39 Å². The van der Waals surface area contributed by atoms with Gasteiger partial charge in [0.2, 0.25) is 0 Å². The molecule has 0 amide bonds. The number of rotatable bonds is 1. The molecule has 101 valence electrons. The lowest BCUT2D eigenvalue weighted by molar-refractivity contribution is -0.348. The van der Waals surface area contributed by atoms with E-state index in [0.717, 1.165) is 0 Å². The number of halogens is 9. The highest BCUT2D eigenvalue weighted by atomic mass is 79.9. The van der Waals surface area contributed by atoms with Gasteiger partial charge in [0.1, 0.15) is 0 Å². The topological polar surface area (TPSA) is 0 Å². The molecule has 0 aliphatic rings. The first-order chi connectivity index (χ1) is 7.89. The molecule has 1 aromatic rings. The molecule has 0 bridgehead atoms. The molecule has 0 aliphatic carbocycles. The zero-order chi connectivity index (χ0) is 14.4. The van der Waals surface area contributed by atoms with E-state index < -0.39 is 28.6 Å². The van der Waals surface area contributed by atoms with Gasteiger partial charge in [-0.15, -0.1) is 0 Å². The number of alkyl halides is 7.